The Labute approximate surface area is 73.3 Å². The highest BCUT2D eigenvalue weighted by molar-refractivity contribution is 4.66. The molecule has 0 fully saturated rings. The van der Waals surface area contributed by atoms with Crippen LogP contribution in [0.4, 0.5) is 0 Å². The van der Waals surface area contributed by atoms with Crippen LogP contribution in [0.1, 0.15) is 12.8 Å². The van der Waals surface area contributed by atoms with E-state index in [1.165, 1.54) is 0 Å². The summed E-state index contributed by atoms with van der Waals surface area (Å²) in [5.41, 5.74) is 0. The minimum absolute atomic E-state index is 0.497. The lowest BCUT2D eigenvalue weighted by molar-refractivity contribution is 0.205. The summed E-state index contributed by atoms with van der Waals surface area (Å²) in [5, 5.41) is 15.7. The van der Waals surface area contributed by atoms with Crippen LogP contribution in [0.25, 0.3) is 0 Å². The maximum Gasteiger partial charge on any atom is 0.0645 e. The molecule has 68 valence electrons. The van der Waals surface area contributed by atoms with Crippen molar-refractivity contribution in [2.45, 2.75) is 12.8 Å². The number of hydrogen-bond donors (Lipinski definition) is 0. The Morgan fingerprint density at radius 3 is 1.33 bits per heavy atom. The second-order valence-corrected chi connectivity index (χ2v) is 1.80. The van der Waals surface area contributed by atoms with Gasteiger partial charge in [0.15, 0.2) is 0 Å². The van der Waals surface area contributed by atoms with E-state index in [0.29, 0.717) is 26.1 Å². The summed E-state index contributed by atoms with van der Waals surface area (Å²) in [6.07, 6.45) is 0.993. The fourth-order valence-corrected chi connectivity index (χ4v) is 0.295. The predicted molar refractivity (Wildman–Crippen MR) is 44.2 cm³/mol. The van der Waals surface area contributed by atoms with E-state index in [9.17, 15) is 0 Å². The number of hydrogen-bond acceptors (Lipinski definition) is 4. The van der Waals surface area contributed by atoms with Crippen molar-refractivity contribution in [1.82, 2.24) is 0 Å². The third-order valence-electron chi connectivity index (χ3n) is 0.836. The van der Waals surface area contributed by atoms with E-state index in [1.807, 2.05) is 12.1 Å². The highest BCUT2D eigenvalue weighted by Crippen LogP contribution is 1.71. The SMILES string of the molecule is COCCC#N.COCCC#N. The summed E-state index contributed by atoms with van der Waals surface area (Å²) in [4.78, 5) is 0. The first-order valence-electron chi connectivity index (χ1n) is 3.55. The van der Waals surface area contributed by atoms with Crippen molar-refractivity contribution in [3.63, 3.8) is 0 Å². The van der Waals surface area contributed by atoms with Gasteiger partial charge >= 0.3 is 0 Å². The Bertz CT molecular complexity index is 128. The molecule has 0 spiro atoms. The average Bonchev–Trinajstić information content (AvgIpc) is 2.12. The summed E-state index contributed by atoms with van der Waals surface area (Å²) < 4.78 is 9.12. The zero-order chi connectivity index (χ0) is 9.66. The zero-order valence-electron chi connectivity index (χ0n) is 7.54. The summed E-state index contributed by atoms with van der Waals surface area (Å²) in [5.74, 6) is 0. The molecule has 0 aliphatic heterocycles. The Balaban J connectivity index is 0. The van der Waals surface area contributed by atoms with Gasteiger partial charge in [0.05, 0.1) is 38.2 Å². The smallest absolute Gasteiger partial charge is 0.0645 e. The molecule has 4 heteroatoms. The van der Waals surface area contributed by atoms with Crippen LogP contribution in [0.2, 0.25) is 0 Å². The minimum Gasteiger partial charge on any atom is -0.384 e. The Morgan fingerprint density at radius 1 is 0.917 bits per heavy atom. The van der Waals surface area contributed by atoms with E-state index in [1.54, 1.807) is 14.2 Å². The van der Waals surface area contributed by atoms with Gasteiger partial charge in [-0.3, -0.25) is 0 Å². The van der Waals surface area contributed by atoms with Gasteiger partial charge in [-0.05, 0) is 0 Å². The maximum atomic E-state index is 7.87. The van der Waals surface area contributed by atoms with Gasteiger partial charge in [0.25, 0.3) is 0 Å². The van der Waals surface area contributed by atoms with E-state index in [4.69, 9.17) is 10.5 Å². The van der Waals surface area contributed by atoms with Crippen LogP contribution >= 0.6 is 0 Å². The number of methoxy groups -OCH3 is 2. The van der Waals surface area contributed by atoms with Crippen molar-refractivity contribution in [3.8, 4) is 12.1 Å². The van der Waals surface area contributed by atoms with Gasteiger partial charge in [0, 0.05) is 14.2 Å². The normalized spacial score (nSPS) is 7.33. The number of nitrogens with zero attached hydrogens (tertiary/aromatic N) is 2. The molecule has 4 nitrogen and oxygen atoms in total. The van der Waals surface area contributed by atoms with E-state index in [-0.39, 0.29) is 0 Å². The molecule has 0 amide bonds. The number of rotatable bonds is 4. The third kappa shape index (κ3) is 23.1. The largest absolute Gasteiger partial charge is 0.384 e. The Hall–Kier alpha value is -1.10. The second-order valence-electron chi connectivity index (χ2n) is 1.80. The molecule has 0 rings (SSSR count). The molecule has 0 atom stereocenters. The van der Waals surface area contributed by atoms with Crippen LogP contribution in [0.5, 0.6) is 0 Å². The minimum atomic E-state index is 0.497. The van der Waals surface area contributed by atoms with E-state index in [0.717, 1.165) is 0 Å². The van der Waals surface area contributed by atoms with Crippen LogP contribution < -0.4 is 0 Å². The first kappa shape index (κ1) is 13.5. The van der Waals surface area contributed by atoms with Crippen molar-refractivity contribution in [1.29, 1.82) is 10.5 Å². The van der Waals surface area contributed by atoms with E-state index < -0.39 is 0 Å². The molecule has 0 heterocycles. The molecule has 0 N–H and O–H groups in total. The Kier molecular flexibility index (Phi) is 18.5. The fraction of sp³-hybridized carbons (Fsp3) is 0.750. The molecule has 0 saturated heterocycles. The molecule has 0 aliphatic carbocycles. The number of ether oxygens (including phenoxy) is 2. The van der Waals surface area contributed by atoms with Gasteiger partial charge in [-0.1, -0.05) is 0 Å². The van der Waals surface area contributed by atoms with Gasteiger partial charge in [-0.25, -0.2) is 0 Å². The van der Waals surface area contributed by atoms with Crippen LogP contribution in [0.3, 0.4) is 0 Å². The molecule has 12 heavy (non-hydrogen) atoms. The topological polar surface area (TPSA) is 66.0 Å². The van der Waals surface area contributed by atoms with Crippen molar-refractivity contribution in [3.05, 3.63) is 0 Å². The summed E-state index contributed by atoms with van der Waals surface area (Å²) in [7, 11) is 3.16. The van der Waals surface area contributed by atoms with E-state index >= 15 is 0 Å². The van der Waals surface area contributed by atoms with Gasteiger partial charge < -0.3 is 9.47 Å². The quantitative estimate of drug-likeness (QED) is 0.592. The molecular formula is C8H14N2O2. The summed E-state index contributed by atoms with van der Waals surface area (Å²) in [6, 6.07) is 3.89. The predicted octanol–water partition coefficient (Wildman–Crippen LogP) is 1.09. The van der Waals surface area contributed by atoms with Crippen molar-refractivity contribution in [2.75, 3.05) is 27.4 Å². The van der Waals surface area contributed by atoms with Crippen LogP contribution in [-0.2, 0) is 9.47 Å². The molecule has 0 saturated carbocycles. The second kappa shape index (κ2) is 16.5. The molecule has 0 aliphatic rings. The lowest BCUT2D eigenvalue weighted by atomic mass is 10.5. The van der Waals surface area contributed by atoms with Gasteiger partial charge in [0.2, 0.25) is 0 Å². The van der Waals surface area contributed by atoms with Gasteiger partial charge in [-0.2, -0.15) is 10.5 Å². The van der Waals surface area contributed by atoms with E-state index in [2.05, 4.69) is 9.47 Å². The zero-order valence-corrected chi connectivity index (χ0v) is 7.54. The molecule has 0 aromatic heterocycles. The van der Waals surface area contributed by atoms with Crippen molar-refractivity contribution >= 4 is 0 Å². The maximum absolute atomic E-state index is 7.87. The number of nitriles is 2. The van der Waals surface area contributed by atoms with Crippen molar-refractivity contribution < 1.29 is 9.47 Å². The highest BCUT2D eigenvalue weighted by atomic mass is 16.5. The highest BCUT2D eigenvalue weighted by Gasteiger charge is 1.73. The lowest BCUT2D eigenvalue weighted by Crippen LogP contribution is -1.82. The first-order valence-corrected chi connectivity index (χ1v) is 3.55. The third-order valence-corrected chi connectivity index (χ3v) is 0.836. The molecule has 0 bridgehead atoms. The monoisotopic (exact) mass is 170 g/mol. The average molecular weight is 170 g/mol. The molecule has 0 aromatic carbocycles. The van der Waals surface area contributed by atoms with Gasteiger partial charge in [-0.15, -0.1) is 0 Å². The first-order chi connectivity index (χ1) is 5.83. The fourth-order valence-electron chi connectivity index (χ4n) is 0.295. The van der Waals surface area contributed by atoms with Crippen molar-refractivity contribution in [2.24, 2.45) is 0 Å². The molecule has 0 aromatic rings. The van der Waals surface area contributed by atoms with Crippen LogP contribution in [0.15, 0.2) is 0 Å². The Morgan fingerprint density at radius 2 is 1.25 bits per heavy atom. The lowest BCUT2D eigenvalue weighted by Gasteiger charge is -1.82. The summed E-state index contributed by atoms with van der Waals surface area (Å²) >= 11 is 0. The van der Waals surface area contributed by atoms with Crippen LogP contribution in [-0.4, -0.2) is 27.4 Å². The summed E-state index contributed by atoms with van der Waals surface area (Å²) in [6.45, 7) is 1.10. The van der Waals surface area contributed by atoms with Gasteiger partial charge in [0.1, 0.15) is 0 Å². The van der Waals surface area contributed by atoms with Crippen LogP contribution in [0, 0.1) is 22.7 Å². The standard InChI is InChI=1S/2C4H7NO/c2*1-6-4-2-3-5/h2*2,4H2,1H3. The molecular weight excluding hydrogens is 156 g/mol. The molecule has 0 unspecified atom stereocenters. The molecule has 0 radical (unpaired) electrons.